The predicted molar refractivity (Wildman–Crippen MR) is 78.9 cm³/mol. The first-order valence-electron chi connectivity index (χ1n) is 7.01. The summed E-state index contributed by atoms with van der Waals surface area (Å²) in [6, 6.07) is 8.01. The standard InChI is InChI=1S/C16H18N2O3/c1-10(19)18-16(15(20)21-2)8-7-14-12(9-16)11-5-3-4-6-13(11)17-14/h3-6,17H,7-9H2,1-2H3,(H,18,19). The van der Waals surface area contributed by atoms with Crippen LogP contribution >= 0.6 is 0 Å². The third kappa shape index (κ3) is 2.18. The number of methoxy groups -OCH3 is 1. The van der Waals surface area contributed by atoms with Crippen LogP contribution in [0.15, 0.2) is 24.3 Å². The molecule has 1 atom stereocenters. The van der Waals surface area contributed by atoms with Gasteiger partial charge in [0.25, 0.3) is 0 Å². The van der Waals surface area contributed by atoms with Crippen LogP contribution in [0, 0.1) is 0 Å². The van der Waals surface area contributed by atoms with Gasteiger partial charge in [-0.25, -0.2) is 4.79 Å². The zero-order valence-electron chi connectivity index (χ0n) is 12.2. The topological polar surface area (TPSA) is 71.2 Å². The number of fused-ring (bicyclic) bond motifs is 3. The molecule has 0 fully saturated rings. The van der Waals surface area contributed by atoms with Gasteiger partial charge < -0.3 is 15.0 Å². The Morgan fingerprint density at radius 1 is 1.33 bits per heavy atom. The molecular weight excluding hydrogens is 268 g/mol. The zero-order chi connectivity index (χ0) is 15.0. The number of carbonyl (C=O) groups excluding carboxylic acids is 2. The average Bonchev–Trinajstić information content (AvgIpc) is 2.83. The van der Waals surface area contributed by atoms with Gasteiger partial charge in [0.15, 0.2) is 0 Å². The van der Waals surface area contributed by atoms with Crippen molar-refractivity contribution in [3.8, 4) is 0 Å². The Balaban J connectivity index is 2.08. The SMILES string of the molecule is COC(=O)C1(NC(C)=O)CCc2[nH]c3ccccc3c2C1. The van der Waals surface area contributed by atoms with E-state index in [1.165, 1.54) is 14.0 Å². The molecule has 0 saturated heterocycles. The van der Waals surface area contributed by atoms with Crippen LogP contribution in [0.5, 0.6) is 0 Å². The molecule has 1 aromatic carbocycles. The first-order valence-corrected chi connectivity index (χ1v) is 7.01. The molecule has 1 amide bonds. The molecule has 1 aliphatic rings. The van der Waals surface area contributed by atoms with Gasteiger partial charge >= 0.3 is 5.97 Å². The number of hydrogen-bond donors (Lipinski definition) is 2. The molecule has 2 N–H and O–H groups in total. The number of benzene rings is 1. The fourth-order valence-electron chi connectivity index (χ4n) is 3.26. The van der Waals surface area contributed by atoms with Crippen LogP contribution < -0.4 is 5.32 Å². The van der Waals surface area contributed by atoms with E-state index in [0.29, 0.717) is 19.3 Å². The normalized spacial score (nSPS) is 20.9. The summed E-state index contributed by atoms with van der Waals surface area (Å²) in [4.78, 5) is 27.2. The average molecular weight is 286 g/mol. The number of amides is 1. The van der Waals surface area contributed by atoms with Gasteiger partial charge in [0, 0.05) is 29.9 Å². The van der Waals surface area contributed by atoms with Crippen LogP contribution in [0.25, 0.3) is 10.9 Å². The molecule has 1 unspecified atom stereocenters. The second-order valence-corrected chi connectivity index (χ2v) is 5.56. The molecule has 3 rings (SSSR count). The van der Waals surface area contributed by atoms with E-state index in [2.05, 4.69) is 10.3 Å². The molecule has 0 radical (unpaired) electrons. The van der Waals surface area contributed by atoms with Gasteiger partial charge in [0.2, 0.25) is 5.91 Å². The van der Waals surface area contributed by atoms with E-state index in [1.54, 1.807) is 0 Å². The maximum Gasteiger partial charge on any atom is 0.331 e. The molecule has 1 heterocycles. The summed E-state index contributed by atoms with van der Waals surface area (Å²) >= 11 is 0. The quantitative estimate of drug-likeness (QED) is 0.826. The number of carbonyl (C=O) groups is 2. The Morgan fingerprint density at radius 2 is 2.10 bits per heavy atom. The lowest BCUT2D eigenvalue weighted by atomic mass is 9.79. The van der Waals surface area contributed by atoms with Crippen molar-refractivity contribution in [1.29, 1.82) is 0 Å². The van der Waals surface area contributed by atoms with Crippen molar-refractivity contribution in [2.24, 2.45) is 0 Å². The smallest absolute Gasteiger partial charge is 0.331 e. The molecule has 21 heavy (non-hydrogen) atoms. The van der Waals surface area contributed by atoms with Gasteiger partial charge in [0.05, 0.1) is 7.11 Å². The highest BCUT2D eigenvalue weighted by Gasteiger charge is 2.44. The number of aryl methyl sites for hydroxylation is 1. The van der Waals surface area contributed by atoms with Crippen LogP contribution in [0.3, 0.4) is 0 Å². The van der Waals surface area contributed by atoms with Gasteiger partial charge in [-0.3, -0.25) is 4.79 Å². The zero-order valence-corrected chi connectivity index (χ0v) is 12.2. The van der Waals surface area contributed by atoms with E-state index < -0.39 is 5.54 Å². The summed E-state index contributed by atoms with van der Waals surface area (Å²) in [5.41, 5.74) is 2.33. The molecule has 2 aromatic rings. The number of para-hydroxylation sites is 1. The summed E-state index contributed by atoms with van der Waals surface area (Å²) in [6.07, 6.45) is 1.71. The first-order chi connectivity index (χ1) is 10.1. The minimum atomic E-state index is -0.960. The van der Waals surface area contributed by atoms with E-state index in [9.17, 15) is 9.59 Å². The number of nitrogens with one attached hydrogen (secondary N) is 2. The van der Waals surface area contributed by atoms with Crippen molar-refractivity contribution in [3.63, 3.8) is 0 Å². The molecule has 0 aliphatic heterocycles. The van der Waals surface area contributed by atoms with E-state index in [4.69, 9.17) is 4.74 Å². The Morgan fingerprint density at radius 3 is 2.81 bits per heavy atom. The molecule has 0 spiro atoms. The molecule has 1 aromatic heterocycles. The maximum absolute atomic E-state index is 12.2. The van der Waals surface area contributed by atoms with Crippen LogP contribution in [0.4, 0.5) is 0 Å². The third-order valence-corrected chi connectivity index (χ3v) is 4.17. The Labute approximate surface area is 122 Å². The van der Waals surface area contributed by atoms with Crippen molar-refractivity contribution < 1.29 is 14.3 Å². The molecule has 0 bridgehead atoms. The van der Waals surface area contributed by atoms with Gasteiger partial charge in [-0.2, -0.15) is 0 Å². The monoisotopic (exact) mass is 286 g/mol. The molecular formula is C16H18N2O3. The van der Waals surface area contributed by atoms with Crippen LogP contribution in [-0.4, -0.2) is 29.5 Å². The van der Waals surface area contributed by atoms with Crippen LogP contribution in [0.2, 0.25) is 0 Å². The second kappa shape index (κ2) is 4.91. The first kappa shape index (κ1) is 13.7. The number of H-pyrrole nitrogens is 1. The van der Waals surface area contributed by atoms with Gasteiger partial charge in [-0.1, -0.05) is 18.2 Å². The highest BCUT2D eigenvalue weighted by molar-refractivity contribution is 5.91. The molecule has 5 heteroatoms. The fourth-order valence-corrected chi connectivity index (χ4v) is 3.26. The summed E-state index contributed by atoms with van der Waals surface area (Å²) in [7, 11) is 1.36. The molecule has 110 valence electrons. The van der Waals surface area contributed by atoms with Crippen molar-refractivity contribution in [1.82, 2.24) is 10.3 Å². The Hall–Kier alpha value is -2.30. The van der Waals surface area contributed by atoms with Gasteiger partial charge in [0.1, 0.15) is 5.54 Å². The minimum Gasteiger partial charge on any atom is -0.467 e. The van der Waals surface area contributed by atoms with Crippen molar-refractivity contribution in [3.05, 3.63) is 35.5 Å². The third-order valence-electron chi connectivity index (χ3n) is 4.17. The van der Waals surface area contributed by atoms with E-state index in [-0.39, 0.29) is 11.9 Å². The molecule has 0 saturated carbocycles. The molecule has 5 nitrogen and oxygen atoms in total. The van der Waals surface area contributed by atoms with Crippen LogP contribution in [0.1, 0.15) is 24.6 Å². The Bertz CT molecular complexity index is 719. The van der Waals surface area contributed by atoms with Crippen molar-refractivity contribution in [2.75, 3.05) is 7.11 Å². The largest absolute Gasteiger partial charge is 0.467 e. The fraction of sp³-hybridized carbons (Fsp3) is 0.375. The van der Waals surface area contributed by atoms with Crippen molar-refractivity contribution >= 4 is 22.8 Å². The van der Waals surface area contributed by atoms with Gasteiger partial charge in [-0.15, -0.1) is 0 Å². The summed E-state index contributed by atoms with van der Waals surface area (Å²) in [5, 5.41) is 3.92. The number of esters is 1. The highest BCUT2D eigenvalue weighted by atomic mass is 16.5. The van der Waals surface area contributed by atoms with Crippen LogP contribution in [-0.2, 0) is 27.2 Å². The number of hydrogen-bond acceptors (Lipinski definition) is 3. The Kier molecular flexibility index (Phi) is 3.20. The predicted octanol–water partition coefficient (Wildman–Crippen LogP) is 1.70. The lowest BCUT2D eigenvalue weighted by Crippen LogP contribution is -2.57. The lowest BCUT2D eigenvalue weighted by molar-refractivity contribution is -0.151. The van der Waals surface area contributed by atoms with Gasteiger partial charge in [-0.05, 0) is 24.5 Å². The number of aromatic nitrogens is 1. The van der Waals surface area contributed by atoms with E-state index in [1.807, 2.05) is 24.3 Å². The van der Waals surface area contributed by atoms with Crippen molar-refractivity contribution in [2.45, 2.75) is 31.7 Å². The number of ether oxygens (including phenoxy) is 1. The van der Waals surface area contributed by atoms with E-state index in [0.717, 1.165) is 22.2 Å². The maximum atomic E-state index is 12.2. The number of rotatable bonds is 2. The lowest BCUT2D eigenvalue weighted by Gasteiger charge is -2.35. The molecule has 1 aliphatic carbocycles. The minimum absolute atomic E-state index is 0.219. The summed E-state index contributed by atoms with van der Waals surface area (Å²) < 4.78 is 4.93. The number of aromatic amines is 1. The highest BCUT2D eigenvalue weighted by Crippen LogP contribution is 2.34. The summed E-state index contributed by atoms with van der Waals surface area (Å²) in [6.45, 7) is 1.43. The second-order valence-electron chi connectivity index (χ2n) is 5.56. The van der Waals surface area contributed by atoms with E-state index >= 15 is 0 Å². The summed E-state index contributed by atoms with van der Waals surface area (Å²) in [5.74, 6) is -0.600.